The number of methoxy groups -OCH3 is 2. The second-order valence-corrected chi connectivity index (χ2v) is 6.75. The molecule has 6 nitrogen and oxygen atoms in total. The van der Waals surface area contributed by atoms with Crippen LogP contribution in [-0.2, 0) is 14.3 Å². The molecule has 1 aromatic rings. The molecule has 1 aliphatic carbocycles. The Balaban J connectivity index is 1.70. The van der Waals surface area contributed by atoms with Crippen molar-refractivity contribution in [1.82, 2.24) is 4.90 Å². The zero-order valence-corrected chi connectivity index (χ0v) is 15.3. The van der Waals surface area contributed by atoms with Crippen molar-refractivity contribution in [2.24, 2.45) is 5.92 Å². The van der Waals surface area contributed by atoms with Gasteiger partial charge < -0.3 is 19.1 Å². The second kappa shape index (κ2) is 8.25. The van der Waals surface area contributed by atoms with Gasteiger partial charge in [-0.2, -0.15) is 0 Å². The van der Waals surface area contributed by atoms with Gasteiger partial charge in [0.2, 0.25) is 0 Å². The number of para-hydroxylation sites is 2. The van der Waals surface area contributed by atoms with E-state index in [0.29, 0.717) is 29.6 Å². The number of carbonyl (C=O) groups excluding carboxylic acids is 2. The van der Waals surface area contributed by atoms with Crippen LogP contribution in [0.3, 0.4) is 0 Å². The van der Waals surface area contributed by atoms with Gasteiger partial charge in [-0.25, -0.2) is 4.79 Å². The van der Waals surface area contributed by atoms with E-state index in [1.165, 1.54) is 26.0 Å². The van der Waals surface area contributed by atoms with Crippen molar-refractivity contribution in [3.63, 3.8) is 0 Å². The topological polar surface area (TPSA) is 65.1 Å². The van der Waals surface area contributed by atoms with Crippen molar-refractivity contribution in [2.75, 3.05) is 20.8 Å². The Labute approximate surface area is 153 Å². The van der Waals surface area contributed by atoms with Gasteiger partial charge in [-0.1, -0.05) is 37.8 Å². The van der Waals surface area contributed by atoms with Crippen LogP contribution in [0.25, 0.3) is 0 Å². The monoisotopic (exact) mass is 359 g/mol. The number of rotatable bonds is 7. The van der Waals surface area contributed by atoms with Crippen LogP contribution in [0.4, 0.5) is 0 Å². The molecule has 2 aliphatic rings. The number of hydrogen-bond donors (Lipinski definition) is 0. The number of benzene rings is 1. The van der Waals surface area contributed by atoms with E-state index in [2.05, 4.69) is 0 Å². The van der Waals surface area contributed by atoms with Crippen molar-refractivity contribution in [2.45, 2.75) is 38.1 Å². The number of esters is 1. The first-order valence-corrected chi connectivity index (χ1v) is 9.02. The summed E-state index contributed by atoms with van der Waals surface area (Å²) in [5.74, 6) is 1.52. The Bertz CT molecular complexity index is 693. The van der Waals surface area contributed by atoms with Gasteiger partial charge in [0, 0.05) is 6.08 Å². The summed E-state index contributed by atoms with van der Waals surface area (Å²) in [4.78, 5) is 26.3. The van der Waals surface area contributed by atoms with Crippen molar-refractivity contribution in [1.29, 1.82) is 0 Å². The number of hydrogen-bond acceptors (Lipinski definition) is 5. The maximum atomic E-state index is 12.5. The van der Waals surface area contributed by atoms with E-state index in [0.717, 1.165) is 12.8 Å². The number of ether oxygens (including phenoxy) is 3. The number of amides is 1. The molecule has 0 aromatic heterocycles. The van der Waals surface area contributed by atoms with Crippen LogP contribution in [-0.4, -0.2) is 43.6 Å². The third kappa shape index (κ3) is 4.00. The smallest absolute Gasteiger partial charge is 0.328 e. The summed E-state index contributed by atoms with van der Waals surface area (Å²) in [5, 5.41) is 0. The van der Waals surface area contributed by atoms with Gasteiger partial charge in [-0.15, -0.1) is 0 Å². The average Bonchev–Trinajstić information content (AvgIpc) is 3.29. The molecule has 0 saturated heterocycles. The Morgan fingerprint density at radius 1 is 1.19 bits per heavy atom. The lowest BCUT2D eigenvalue weighted by molar-refractivity contribution is -0.151. The highest BCUT2D eigenvalue weighted by molar-refractivity contribution is 5.94. The van der Waals surface area contributed by atoms with E-state index in [9.17, 15) is 9.59 Å². The van der Waals surface area contributed by atoms with Crippen molar-refractivity contribution < 1.29 is 23.8 Å². The molecule has 140 valence electrons. The van der Waals surface area contributed by atoms with E-state index < -0.39 is 6.04 Å². The fourth-order valence-corrected chi connectivity index (χ4v) is 3.73. The fraction of sp³-hybridized carbons (Fsp3) is 0.500. The highest BCUT2D eigenvalue weighted by atomic mass is 16.5. The Morgan fingerprint density at radius 2 is 1.88 bits per heavy atom. The second-order valence-electron chi connectivity index (χ2n) is 6.75. The first-order valence-electron chi connectivity index (χ1n) is 9.02. The van der Waals surface area contributed by atoms with E-state index >= 15 is 0 Å². The summed E-state index contributed by atoms with van der Waals surface area (Å²) in [7, 11) is 2.93. The molecule has 0 N–H and O–H groups in total. The lowest BCUT2D eigenvalue weighted by Crippen LogP contribution is -2.44. The molecular weight excluding hydrogens is 334 g/mol. The lowest BCUT2D eigenvalue weighted by atomic mass is 9.97. The van der Waals surface area contributed by atoms with Crippen LogP contribution in [0.5, 0.6) is 11.5 Å². The molecule has 0 spiro atoms. The zero-order chi connectivity index (χ0) is 18.5. The van der Waals surface area contributed by atoms with Gasteiger partial charge in [-0.05, 0) is 24.5 Å². The highest BCUT2D eigenvalue weighted by Crippen LogP contribution is 2.33. The summed E-state index contributed by atoms with van der Waals surface area (Å²) in [6.07, 6.45) is 6.67. The number of carbonyl (C=O) groups is 2. The first kappa shape index (κ1) is 18.3. The molecule has 6 heteroatoms. The zero-order valence-electron chi connectivity index (χ0n) is 15.3. The van der Waals surface area contributed by atoms with E-state index in [1.807, 2.05) is 12.1 Å². The Kier molecular flexibility index (Phi) is 5.81. The molecular formula is C20H25NO5. The largest absolute Gasteiger partial charge is 0.493 e. The molecule has 26 heavy (non-hydrogen) atoms. The summed E-state index contributed by atoms with van der Waals surface area (Å²) >= 11 is 0. The minimum Gasteiger partial charge on any atom is -0.493 e. The predicted molar refractivity (Wildman–Crippen MR) is 95.8 cm³/mol. The fourth-order valence-electron chi connectivity index (χ4n) is 3.73. The molecule has 1 aromatic carbocycles. The van der Waals surface area contributed by atoms with Crippen molar-refractivity contribution in [3.8, 4) is 11.5 Å². The standard InChI is InChI=1S/C20H25NO5/c1-24-17-9-5-6-10-18(17)26-15-12-19(22)21(13-15)16(20(23)25-2)11-14-7-3-4-8-14/h5-6,9-10,12,14,16H,3-4,7-8,11,13H2,1-2H3/t16-/m0/s1. The highest BCUT2D eigenvalue weighted by Gasteiger charge is 2.37. The molecule has 0 bridgehead atoms. The first-order chi connectivity index (χ1) is 12.6. The summed E-state index contributed by atoms with van der Waals surface area (Å²) in [6.45, 7) is 0.253. The lowest BCUT2D eigenvalue weighted by Gasteiger charge is -2.28. The van der Waals surface area contributed by atoms with Gasteiger partial charge in [0.05, 0.1) is 20.8 Å². The molecule has 1 saturated carbocycles. The SMILES string of the molecule is COC(=O)[C@H](CC1CCCC1)N1CC(Oc2ccccc2OC)=CC1=O. The maximum absolute atomic E-state index is 12.5. The normalized spacial score (nSPS) is 18.6. The summed E-state index contributed by atoms with van der Waals surface area (Å²) in [6, 6.07) is 6.70. The van der Waals surface area contributed by atoms with Crippen LogP contribution in [0, 0.1) is 5.92 Å². The van der Waals surface area contributed by atoms with Gasteiger partial charge in [0.25, 0.3) is 5.91 Å². The Morgan fingerprint density at radius 3 is 2.54 bits per heavy atom. The summed E-state index contributed by atoms with van der Waals surface area (Å²) in [5.41, 5.74) is 0. The van der Waals surface area contributed by atoms with Gasteiger partial charge in [-0.3, -0.25) is 4.79 Å². The van der Waals surface area contributed by atoms with Crippen molar-refractivity contribution in [3.05, 3.63) is 36.1 Å². The van der Waals surface area contributed by atoms with Crippen molar-refractivity contribution >= 4 is 11.9 Å². The third-order valence-electron chi connectivity index (χ3n) is 5.08. The van der Waals surface area contributed by atoms with Gasteiger partial charge in [0.1, 0.15) is 11.8 Å². The van der Waals surface area contributed by atoms with Crippen LogP contribution in [0.15, 0.2) is 36.1 Å². The van der Waals surface area contributed by atoms with Crippen LogP contribution in [0.2, 0.25) is 0 Å². The minimum atomic E-state index is -0.564. The van der Waals surface area contributed by atoms with Gasteiger partial charge >= 0.3 is 5.97 Å². The molecule has 1 aliphatic heterocycles. The predicted octanol–water partition coefficient (Wildman–Crippen LogP) is 2.92. The molecule has 1 amide bonds. The van der Waals surface area contributed by atoms with Crippen LogP contribution < -0.4 is 9.47 Å². The van der Waals surface area contributed by atoms with E-state index in [-0.39, 0.29) is 18.4 Å². The van der Waals surface area contributed by atoms with Gasteiger partial charge in [0.15, 0.2) is 11.5 Å². The molecule has 1 atom stereocenters. The summed E-state index contributed by atoms with van der Waals surface area (Å²) < 4.78 is 16.1. The maximum Gasteiger partial charge on any atom is 0.328 e. The average molecular weight is 359 g/mol. The van der Waals surface area contributed by atoms with E-state index in [4.69, 9.17) is 14.2 Å². The molecule has 1 heterocycles. The molecule has 1 fully saturated rings. The molecule has 3 rings (SSSR count). The van der Waals surface area contributed by atoms with E-state index in [1.54, 1.807) is 24.1 Å². The molecule has 0 unspecified atom stereocenters. The third-order valence-corrected chi connectivity index (χ3v) is 5.08. The minimum absolute atomic E-state index is 0.219. The van der Waals surface area contributed by atoms with Crippen LogP contribution in [0.1, 0.15) is 32.1 Å². The van der Waals surface area contributed by atoms with Crippen LogP contribution >= 0.6 is 0 Å². The number of nitrogens with zero attached hydrogens (tertiary/aromatic N) is 1. The Hall–Kier alpha value is -2.50. The molecule has 0 radical (unpaired) electrons. The quantitative estimate of drug-likeness (QED) is 0.701.